The van der Waals surface area contributed by atoms with Crippen molar-refractivity contribution in [2.45, 2.75) is 58.0 Å². The van der Waals surface area contributed by atoms with Gasteiger partial charge in [0, 0.05) is 18.4 Å². The van der Waals surface area contributed by atoms with Gasteiger partial charge in [0.2, 0.25) is 0 Å². The first kappa shape index (κ1) is 20.4. The highest BCUT2D eigenvalue weighted by Gasteiger charge is 2.18. The van der Waals surface area contributed by atoms with Crippen LogP contribution in [0.5, 0.6) is 0 Å². The molecule has 0 saturated carbocycles. The van der Waals surface area contributed by atoms with E-state index >= 15 is 0 Å². The molecule has 0 radical (unpaired) electrons. The third-order valence-electron chi connectivity index (χ3n) is 4.16. The standard InChI is InChI=1S/C19H27N5O3/c1-12(2)17-22-18(24-23-17)13(3)20-19(27)21-15(9-10-16(25)26)11-14-7-5-4-6-8-14/h4-8,12-13,15H,9-11H2,1-3H3,(H,25,26)(H2,20,21,27)(H,22,23,24). The number of amides is 2. The molecule has 2 atom stereocenters. The van der Waals surface area contributed by atoms with E-state index in [1.165, 1.54) is 0 Å². The van der Waals surface area contributed by atoms with Gasteiger partial charge in [-0.15, -0.1) is 0 Å². The second kappa shape index (κ2) is 9.70. The normalized spacial score (nSPS) is 13.2. The van der Waals surface area contributed by atoms with Gasteiger partial charge in [-0.3, -0.25) is 9.89 Å². The summed E-state index contributed by atoms with van der Waals surface area (Å²) in [6.45, 7) is 5.80. The first-order valence-electron chi connectivity index (χ1n) is 9.10. The highest BCUT2D eigenvalue weighted by Crippen LogP contribution is 2.13. The van der Waals surface area contributed by atoms with Crippen LogP contribution >= 0.6 is 0 Å². The maximum absolute atomic E-state index is 12.4. The zero-order valence-electron chi connectivity index (χ0n) is 15.9. The number of carbonyl (C=O) groups excluding carboxylic acids is 1. The number of nitrogens with zero attached hydrogens (tertiary/aromatic N) is 2. The molecule has 0 aliphatic carbocycles. The number of nitrogens with one attached hydrogen (secondary N) is 3. The number of urea groups is 1. The van der Waals surface area contributed by atoms with Crippen LogP contribution < -0.4 is 10.6 Å². The Hall–Kier alpha value is -2.90. The first-order chi connectivity index (χ1) is 12.8. The Balaban J connectivity index is 1.95. The lowest BCUT2D eigenvalue weighted by molar-refractivity contribution is -0.137. The van der Waals surface area contributed by atoms with Crippen LogP contribution in [0.15, 0.2) is 30.3 Å². The van der Waals surface area contributed by atoms with Crippen molar-refractivity contribution in [2.75, 3.05) is 0 Å². The molecule has 27 heavy (non-hydrogen) atoms. The summed E-state index contributed by atoms with van der Waals surface area (Å²) in [6, 6.07) is 8.68. The van der Waals surface area contributed by atoms with Crippen LogP contribution in [-0.2, 0) is 11.2 Å². The molecule has 1 aromatic heterocycles. The second-order valence-corrected chi connectivity index (χ2v) is 6.89. The van der Waals surface area contributed by atoms with E-state index < -0.39 is 5.97 Å². The first-order valence-corrected chi connectivity index (χ1v) is 9.10. The Morgan fingerprint density at radius 1 is 1.15 bits per heavy atom. The van der Waals surface area contributed by atoms with Crippen LogP contribution in [0.2, 0.25) is 0 Å². The molecule has 4 N–H and O–H groups in total. The quantitative estimate of drug-likeness (QED) is 0.539. The number of aromatic nitrogens is 3. The molecule has 0 saturated heterocycles. The van der Waals surface area contributed by atoms with E-state index in [2.05, 4.69) is 25.8 Å². The van der Waals surface area contributed by atoms with Gasteiger partial charge >= 0.3 is 12.0 Å². The van der Waals surface area contributed by atoms with Gasteiger partial charge in [0.25, 0.3) is 0 Å². The van der Waals surface area contributed by atoms with E-state index in [-0.39, 0.29) is 30.5 Å². The van der Waals surface area contributed by atoms with E-state index in [9.17, 15) is 9.59 Å². The molecular weight excluding hydrogens is 346 g/mol. The molecule has 1 aromatic carbocycles. The molecule has 0 fully saturated rings. The Kier molecular flexibility index (Phi) is 7.34. The van der Waals surface area contributed by atoms with Gasteiger partial charge in [0.15, 0.2) is 5.82 Å². The summed E-state index contributed by atoms with van der Waals surface area (Å²) in [5, 5.41) is 21.6. The van der Waals surface area contributed by atoms with Crippen LogP contribution in [0.4, 0.5) is 4.79 Å². The molecule has 0 aliphatic heterocycles. The molecule has 2 unspecified atom stereocenters. The van der Waals surface area contributed by atoms with E-state index in [0.29, 0.717) is 24.5 Å². The highest BCUT2D eigenvalue weighted by molar-refractivity contribution is 5.74. The van der Waals surface area contributed by atoms with Crippen molar-refractivity contribution >= 4 is 12.0 Å². The second-order valence-electron chi connectivity index (χ2n) is 6.89. The minimum absolute atomic E-state index is 0.00676. The van der Waals surface area contributed by atoms with Gasteiger partial charge in [-0.2, -0.15) is 5.10 Å². The fraction of sp³-hybridized carbons (Fsp3) is 0.474. The van der Waals surface area contributed by atoms with Gasteiger partial charge in [-0.25, -0.2) is 9.78 Å². The topological polar surface area (TPSA) is 120 Å². The third kappa shape index (κ3) is 6.73. The number of H-pyrrole nitrogens is 1. The van der Waals surface area contributed by atoms with Crippen molar-refractivity contribution in [1.82, 2.24) is 25.8 Å². The molecule has 2 aromatic rings. The number of rotatable bonds is 9. The van der Waals surface area contributed by atoms with Gasteiger partial charge in [0.1, 0.15) is 5.82 Å². The van der Waals surface area contributed by atoms with Gasteiger partial charge in [-0.05, 0) is 25.3 Å². The average Bonchev–Trinajstić information content (AvgIpc) is 3.11. The smallest absolute Gasteiger partial charge is 0.315 e. The average molecular weight is 373 g/mol. The lowest BCUT2D eigenvalue weighted by atomic mass is 10.0. The number of carboxylic acids is 1. The van der Waals surface area contributed by atoms with Crippen molar-refractivity contribution in [1.29, 1.82) is 0 Å². The lowest BCUT2D eigenvalue weighted by Gasteiger charge is -2.20. The van der Waals surface area contributed by atoms with Crippen LogP contribution in [0.25, 0.3) is 0 Å². The van der Waals surface area contributed by atoms with Gasteiger partial charge < -0.3 is 15.7 Å². The number of aliphatic carboxylic acids is 1. The van der Waals surface area contributed by atoms with Crippen molar-refractivity contribution < 1.29 is 14.7 Å². The zero-order valence-corrected chi connectivity index (χ0v) is 15.9. The van der Waals surface area contributed by atoms with Crippen molar-refractivity contribution in [3.63, 3.8) is 0 Å². The maximum atomic E-state index is 12.4. The van der Waals surface area contributed by atoms with Crippen LogP contribution in [0, 0.1) is 0 Å². The Morgan fingerprint density at radius 2 is 1.85 bits per heavy atom. The minimum atomic E-state index is -0.883. The van der Waals surface area contributed by atoms with E-state index in [1.54, 1.807) is 0 Å². The summed E-state index contributed by atoms with van der Waals surface area (Å²) in [5.74, 6) is 0.593. The molecule has 0 bridgehead atoms. The molecule has 8 nitrogen and oxygen atoms in total. The predicted molar refractivity (Wildman–Crippen MR) is 101 cm³/mol. The number of aromatic amines is 1. The molecular formula is C19H27N5O3. The van der Waals surface area contributed by atoms with E-state index in [1.807, 2.05) is 51.1 Å². The van der Waals surface area contributed by atoms with Gasteiger partial charge in [-0.1, -0.05) is 44.2 Å². The number of carbonyl (C=O) groups is 2. The number of hydrogen-bond donors (Lipinski definition) is 4. The van der Waals surface area contributed by atoms with Crippen LogP contribution in [-0.4, -0.2) is 38.3 Å². The van der Waals surface area contributed by atoms with Crippen LogP contribution in [0.3, 0.4) is 0 Å². The molecule has 146 valence electrons. The predicted octanol–water partition coefficient (Wildman–Crippen LogP) is 2.76. The number of carboxylic acid groups (broad SMARTS) is 1. The van der Waals surface area contributed by atoms with Crippen LogP contribution in [0.1, 0.15) is 62.8 Å². The fourth-order valence-electron chi connectivity index (χ4n) is 2.65. The maximum Gasteiger partial charge on any atom is 0.315 e. The van der Waals surface area contributed by atoms with E-state index in [0.717, 1.165) is 5.56 Å². The summed E-state index contributed by atoms with van der Waals surface area (Å²) in [7, 11) is 0. The molecule has 8 heteroatoms. The Bertz CT molecular complexity index is 745. The summed E-state index contributed by atoms with van der Waals surface area (Å²) >= 11 is 0. The monoisotopic (exact) mass is 373 g/mol. The molecule has 2 rings (SSSR count). The van der Waals surface area contributed by atoms with E-state index in [4.69, 9.17) is 5.11 Å². The highest BCUT2D eigenvalue weighted by atomic mass is 16.4. The Labute approximate surface area is 158 Å². The molecule has 2 amide bonds. The largest absolute Gasteiger partial charge is 0.481 e. The van der Waals surface area contributed by atoms with Gasteiger partial charge in [0.05, 0.1) is 6.04 Å². The summed E-state index contributed by atoms with van der Waals surface area (Å²) in [4.78, 5) is 27.7. The molecule has 0 aliphatic rings. The SMILES string of the molecule is CC(C)c1n[nH]c(C(C)NC(=O)NC(CCC(=O)O)Cc2ccccc2)n1. The van der Waals surface area contributed by atoms with Crippen molar-refractivity contribution in [3.05, 3.63) is 47.5 Å². The summed E-state index contributed by atoms with van der Waals surface area (Å²) in [5.41, 5.74) is 1.04. The van der Waals surface area contributed by atoms with Crippen molar-refractivity contribution in [3.8, 4) is 0 Å². The lowest BCUT2D eigenvalue weighted by Crippen LogP contribution is -2.44. The summed E-state index contributed by atoms with van der Waals surface area (Å²) in [6.07, 6.45) is 0.911. The fourth-order valence-corrected chi connectivity index (χ4v) is 2.65. The number of hydrogen-bond acceptors (Lipinski definition) is 4. The number of benzene rings is 1. The Morgan fingerprint density at radius 3 is 2.44 bits per heavy atom. The molecule has 0 spiro atoms. The third-order valence-corrected chi connectivity index (χ3v) is 4.16. The summed E-state index contributed by atoms with van der Waals surface area (Å²) < 4.78 is 0. The zero-order chi connectivity index (χ0) is 19.8. The molecule has 1 heterocycles. The van der Waals surface area contributed by atoms with Crippen molar-refractivity contribution in [2.24, 2.45) is 0 Å². The minimum Gasteiger partial charge on any atom is -0.481 e.